The minimum Gasteiger partial charge on any atom is -0.494 e. The van der Waals surface area contributed by atoms with Gasteiger partial charge in [-0.15, -0.1) is 0 Å². The molecule has 0 aromatic heterocycles. The number of amides is 1. The first-order valence-electron chi connectivity index (χ1n) is 7.75. The topological polar surface area (TPSA) is 64.6 Å². The van der Waals surface area contributed by atoms with Crippen LogP contribution in [0.25, 0.3) is 0 Å². The molecule has 5 heteroatoms. The van der Waals surface area contributed by atoms with Crippen LogP contribution >= 0.6 is 0 Å². The third-order valence-corrected chi connectivity index (χ3v) is 3.42. The number of rotatable bonds is 7. The van der Waals surface area contributed by atoms with Gasteiger partial charge in [0.15, 0.2) is 6.61 Å². The van der Waals surface area contributed by atoms with Crippen molar-refractivity contribution in [2.24, 2.45) is 0 Å². The molecule has 2 rings (SSSR count). The molecule has 24 heavy (non-hydrogen) atoms. The van der Waals surface area contributed by atoms with Gasteiger partial charge in [0, 0.05) is 11.3 Å². The highest BCUT2D eigenvalue weighted by Gasteiger charge is 2.09. The second kappa shape index (κ2) is 8.15. The number of carbonyl (C=O) groups is 2. The van der Waals surface area contributed by atoms with Gasteiger partial charge in [0.05, 0.1) is 6.61 Å². The number of nitrogens with one attached hydrogen (secondary N) is 1. The van der Waals surface area contributed by atoms with Gasteiger partial charge in [-0.2, -0.15) is 0 Å². The summed E-state index contributed by atoms with van der Waals surface area (Å²) in [6.45, 7) is 6.11. The lowest BCUT2D eigenvalue weighted by atomic mass is 10.1. The average Bonchev–Trinajstić information content (AvgIpc) is 2.56. The van der Waals surface area contributed by atoms with Crippen LogP contribution in [0.4, 0.5) is 5.69 Å². The second-order valence-electron chi connectivity index (χ2n) is 5.40. The number of anilines is 1. The second-order valence-corrected chi connectivity index (χ2v) is 5.40. The summed E-state index contributed by atoms with van der Waals surface area (Å²) in [4.78, 5) is 22.9. The molecule has 0 atom stereocenters. The van der Waals surface area contributed by atoms with E-state index in [2.05, 4.69) is 5.32 Å². The number of aldehydes is 1. The van der Waals surface area contributed by atoms with Crippen LogP contribution in [0, 0.1) is 13.8 Å². The van der Waals surface area contributed by atoms with E-state index in [4.69, 9.17) is 9.47 Å². The molecule has 0 aliphatic rings. The van der Waals surface area contributed by atoms with Gasteiger partial charge in [-0.25, -0.2) is 0 Å². The zero-order chi connectivity index (χ0) is 17.5. The number of carbonyl (C=O) groups excluding carboxylic acids is 2. The molecule has 126 valence electrons. The minimum absolute atomic E-state index is 0.102. The third kappa shape index (κ3) is 4.59. The monoisotopic (exact) mass is 327 g/mol. The van der Waals surface area contributed by atoms with E-state index in [9.17, 15) is 9.59 Å². The molecule has 1 amide bonds. The maximum Gasteiger partial charge on any atom is 0.262 e. The fourth-order valence-electron chi connectivity index (χ4n) is 2.42. The number of hydrogen-bond acceptors (Lipinski definition) is 4. The van der Waals surface area contributed by atoms with Gasteiger partial charge in [0.2, 0.25) is 0 Å². The van der Waals surface area contributed by atoms with Crippen molar-refractivity contribution >= 4 is 17.9 Å². The molecule has 0 fully saturated rings. The Bertz CT molecular complexity index is 700. The van der Waals surface area contributed by atoms with Crippen LogP contribution in [-0.4, -0.2) is 25.4 Å². The fourth-order valence-corrected chi connectivity index (χ4v) is 2.42. The van der Waals surface area contributed by atoms with Gasteiger partial charge in [-0.1, -0.05) is 0 Å². The van der Waals surface area contributed by atoms with Crippen molar-refractivity contribution in [3.05, 3.63) is 53.1 Å². The third-order valence-electron chi connectivity index (χ3n) is 3.42. The Morgan fingerprint density at radius 2 is 1.71 bits per heavy atom. The largest absolute Gasteiger partial charge is 0.494 e. The molecule has 0 aliphatic carbocycles. The molecule has 0 radical (unpaired) electrons. The van der Waals surface area contributed by atoms with E-state index in [1.807, 2.05) is 20.8 Å². The zero-order valence-corrected chi connectivity index (χ0v) is 14.1. The van der Waals surface area contributed by atoms with Crippen LogP contribution in [0.3, 0.4) is 0 Å². The van der Waals surface area contributed by atoms with E-state index >= 15 is 0 Å². The van der Waals surface area contributed by atoms with Crippen LogP contribution in [0.15, 0.2) is 36.4 Å². The molecule has 0 spiro atoms. The van der Waals surface area contributed by atoms with Crippen molar-refractivity contribution in [1.82, 2.24) is 0 Å². The van der Waals surface area contributed by atoms with Gasteiger partial charge in [0.1, 0.15) is 17.8 Å². The van der Waals surface area contributed by atoms with Crippen LogP contribution in [0.2, 0.25) is 0 Å². The molecule has 0 saturated heterocycles. The zero-order valence-electron chi connectivity index (χ0n) is 14.1. The highest BCUT2D eigenvalue weighted by molar-refractivity contribution is 5.92. The molecular weight excluding hydrogens is 306 g/mol. The van der Waals surface area contributed by atoms with Crippen LogP contribution in [0.1, 0.15) is 28.4 Å². The van der Waals surface area contributed by atoms with Crippen LogP contribution < -0.4 is 14.8 Å². The quantitative estimate of drug-likeness (QED) is 0.790. The molecule has 1 N–H and O–H groups in total. The lowest BCUT2D eigenvalue weighted by Crippen LogP contribution is -2.20. The van der Waals surface area contributed by atoms with E-state index in [0.29, 0.717) is 23.6 Å². The average molecular weight is 327 g/mol. The van der Waals surface area contributed by atoms with Crippen LogP contribution in [-0.2, 0) is 4.79 Å². The van der Waals surface area contributed by atoms with Crippen molar-refractivity contribution in [2.75, 3.05) is 18.5 Å². The fraction of sp³-hybridized carbons (Fsp3) is 0.263. The van der Waals surface area contributed by atoms with E-state index in [0.717, 1.165) is 23.2 Å². The Kier molecular flexibility index (Phi) is 5.95. The lowest BCUT2D eigenvalue weighted by molar-refractivity contribution is -0.118. The first-order valence-corrected chi connectivity index (χ1v) is 7.75. The standard InChI is InChI=1S/C19H21NO4/c1-4-23-17-7-5-16(6-8-17)20-18(22)12-24-19-13(2)9-15(11-21)10-14(19)3/h5-11H,4,12H2,1-3H3,(H,20,22). The highest BCUT2D eigenvalue weighted by Crippen LogP contribution is 2.24. The van der Waals surface area contributed by atoms with E-state index < -0.39 is 0 Å². The Balaban J connectivity index is 1.95. The van der Waals surface area contributed by atoms with Gasteiger partial charge < -0.3 is 14.8 Å². The first-order chi connectivity index (χ1) is 11.5. The molecule has 0 saturated carbocycles. The number of benzene rings is 2. The number of ether oxygens (including phenoxy) is 2. The summed E-state index contributed by atoms with van der Waals surface area (Å²) in [5.41, 5.74) is 2.92. The van der Waals surface area contributed by atoms with E-state index in [1.54, 1.807) is 36.4 Å². The molecule has 0 heterocycles. The summed E-state index contributed by atoms with van der Waals surface area (Å²) in [5.74, 6) is 1.13. The Hall–Kier alpha value is -2.82. The number of aryl methyl sites for hydroxylation is 2. The molecule has 0 unspecified atom stereocenters. The smallest absolute Gasteiger partial charge is 0.262 e. The summed E-state index contributed by atoms with van der Waals surface area (Å²) in [5, 5.41) is 2.77. The van der Waals surface area contributed by atoms with Crippen LogP contribution in [0.5, 0.6) is 11.5 Å². The summed E-state index contributed by atoms with van der Waals surface area (Å²) in [6.07, 6.45) is 0.794. The van der Waals surface area contributed by atoms with Gasteiger partial charge >= 0.3 is 0 Å². The van der Waals surface area contributed by atoms with Crippen molar-refractivity contribution in [1.29, 1.82) is 0 Å². The summed E-state index contributed by atoms with van der Waals surface area (Å²) in [6, 6.07) is 10.6. The maximum atomic E-state index is 12.0. The van der Waals surface area contributed by atoms with Gasteiger partial charge in [-0.3, -0.25) is 9.59 Å². The predicted octanol–water partition coefficient (Wildman–Crippen LogP) is 3.53. The van der Waals surface area contributed by atoms with Crippen molar-refractivity contribution in [3.8, 4) is 11.5 Å². The summed E-state index contributed by atoms with van der Waals surface area (Å²) < 4.78 is 11.0. The van der Waals surface area contributed by atoms with E-state index in [-0.39, 0.29) is 12.5 Å². The normalized spacial score (nSPS) is 10.1. The van der Waals surface area contributed by atoms with Crippen molar-refractivity contribution in [3.63, 3.8) is 0 Å². The molecule has 5 nitrogen and oxygen atoms in total. The van der Waals surface area contributed by atoms with Gasteiger partial charge in [-0.05, 0) is 68.3 Å². The Morgan fingerprint density at radius 3 is 2.25 bits per heavy atom. The number of hydrogen-bond donors (Lipinski definition) is 1. The SMILES string of the molecule is CCOc1ccc(NC(=O)COc2c(C)cc(C=O)cc2C)cc1. The van der Waals surface area contributed by atoms with Crippen molar-refractivity contribution < 1.29 is 19.1 Å². The molecule has 0 aliphatic heterocycles. The molecule has 2 aromatic carbocycles. The summed E-state index contributed by atoms with van der Waals surface area (Å²) in [7, 11) is 0. The maximum absolute atomic E-state index is 12.0. The molecule has 0 bridgehead atoms. The lowest BCUT2D eigenvalue weighted by Gasteiger charge is -2.13. The minimum atomic E-state index is -0.252. The predicted molar refractivity (Wildman–Crippen MR) is 93.0 cm³/mol. The Labute approximate surface area is 141 Å². The first kappa shape index (κ1) is 17.5. The Morgan fingerprint density at radius 1 is 1.08 bits per heavy atom. The van der Waals surface area contributed by atoms with E-state index in [1.165, 1.54) is 0 Å². The summed E-state index contributed by atoms with van der Waals surface area (Å²) >= 11 is 0. The van der Waals surface area contributed by atoms with Gasteiger partial charge in [0.25, 0.3) is 5.91 Å². The van der Waals surface area contributed by atoms with Crippen molar-refractivity contribution in [2.45, 2.75) is 20.8 Å². The molecular formula is C19H21NO4. The highest BCUT2D eigenvalue weighted by atomic mass is 16.5. The molecule has 2 aromatic rings.